The molecule has 0 saturated carbocycles. The van der Waals surface area contributed by atoms with E-state index in [1.807, 2.05) is 0 Å². The predicted molar refractivity (Wildman–Crippen MR) is 91.2 cm³/mol. The topological polar surface area (TPSA) is 104 Å². The molecule has 0 spiro atoms. The second-order valence-corrected chi connectivity index (χ2v) is 6.00. The summed E-state index contributed by atoms with van der Waals surface area (Å²) in [6.07, 6.45) is 1.51. The van der Waals surface area contributed by atoms with Crippen LogP contribution in [0.25, 0.3) is 0 Å². The van der Waals surface area contributed by atoms with Gasteiger partial charge in [0, 0.05) is 43.9 Å². The van der Waals surface area contributed by atoms with E-state index in [1.165, 1.54) is 46.0 Å². The molecule has 1 saturated heterocycles. The average molecular weight is 360 g/mol. The summed E-state index contributed by atoms with van der Waals surface area (Å²) in [7, 11) is 0. The minimum atomic E-state index is -0.580. The molecule has 1 aliphatic heterocycles. The van der Waals surface area contributed by atoms with Crippen molar-refractivity contribution in [1.82, 2.24) is 14.9 Å². The average Bonchev–Trinajstić information content (AvgIpc) is 2.95. The number of benzene rings is 1. The lowest BCUT2D eigenvalue weighted by molar-refractivity contribution is -0.122. The van der Waals surface area contributed by atoms with Gasteiger partial charge in [-0.05, 0) is 24.3 Å². The summed E-state index contributed by atoms with van der Waals surface area (Å²) in [5.74, 6) is -0.844. The zero-order chi connectivity index (χ0) is 18.7. The summed E-state index contributed by atoms with van der Waals surface area (Å²) < 4.78 is 14.2. The summed E-state index contributed by atoms with van der Waals surface area (Å²) in [4.78, 5) is 50.3. The van der Waals surface area contributed by atoms with Gasteiger partial charge in [-0.1, -0.05) is 0 Å². The maximum Gasteiger partial charge on any atom is 0.328 e. The van der Waals surface area contributed by atoms with Gasteiger partial charge in [0.2, 0.25) is 11.8 Å². The monoisotopic (exact) mass is 360 g/mol. The molecule has 1 aliphatic rings. The third-order valence-electron chi connectivity index (χ3n) is 4.11. The van der Waals surface area contributed by atoms with Crippen LogP contribution >= 0.6 is 0 Å². The van der Waals surface area contributed by atoms with Gasteiger partial charge in [0.05, 0.1) is 6.04 Å². The van der Waals surface area contributed by atoms with Crippen molar-refractivity contribution < 1.29 is 14.0 Å². The molecule has 1 aromatic heterocycles. The van der Waals surface area contributed by atoms with Crippen molar-refractivity contribution in [2.45, 2.75) is 25.4 Å². The van der Waals surface area contributed by atoms with E-state index in [-0.39, 0.29) is 43.1 Å². The molecule has 2 N–H and O–H groups in total. The second kappa shape index (κ2) is 7.34. The van der Waals surface area contributed by atoms with E-state index in [1.54, 1.807) is 0 Å². The summed E-state index contributed by atoms with van der Waals surface area (Å²) >= 11 is 0. The summed E-state index contributed by atoms with van der Waals surface area (Å²) in [6, 6.07) is 6.43. The van der Waals surface area contributed by atoms with Crippen LogP contribution in [0, 0.1) is 5.82 Å². The third kappa shape index (κ3) is 4.05. The van der Waals surface area contributed by atoms with Gasteiger partial charge >= 0.3 is 5.69 Å². The van der Waals surface area contributed by atoms with E-state index in [0.29, 0.717) is 12.2 Å². The van der Waals surface area contributed by atoms with E-state index < -0.39 is 11.2 Å². The number of anilines is 1. The first-order chi connectivity index (χ1) is 12.4. The van der Waals surface area contributed by atoms with Gasteiger partial charge < -0.3 is 14.8 Å². The Morgan fingerprint density at radius 3 is 2.62 bits per heavy atom. The minimum absolute atomic E-state index is 0.0349. The van der Waals surface area contributed by atoms with E-state index in [0.717, 1.165) is 0 Å². The van der Waals surface area contributed by atoms with E-state index in [2.05, 4.69) is 10.3 Å². The highest BCUT2D eigenvalue weighted by Crippen LogP contribution is 2.21. The zero-order valence-electron chi connectivity index (χ0n) is 13.8. The van der Waals surface area contributed by atoms with Crippen LogP contribution < -0.4 is 21.5 Å². The molecule has 0 bridgehead atoms. The van der Waals surface area contributed by atoms with Crippen molar-refractivity contribution in [1.29, 1.82) is 0 Å². The zero-order valence-corrected chi connectivity index (χ0v) is 13.8. The van der Waals surface area contributed by atoms with Crippen molar-refractivity contribution in [3.63, 3.8) is 0 Å². The molecule has 2 amide bonds. The number of hydrogen-bond donors (Lipinski definition) is 2. The van der Waals surface area contributed by atoms with Crippen molar-refractivity contribution in [3.05, 3.63) is 63.2 Å². The Labute approximate surface area is 147 Å². The lowest BCUT2D eigenvalue weighted by Crippen LogP contribution is -2.38. The van der Waals surface area contributed by atoms with Gasteiger partial charge in [0.15, 0.2) is 0 Å². The Morgan fingerprint density at radius 2 is 1.92 bits per heavy atom. The Bertz CT molecular complexity index is 935. The number of carbonyl (C=O) groups is 2. The van der Waals surface area contributed by atoms with Crippen LogP contribution in [0.2, 0.25) is 0 Å². The van der Waals surface area contributed by atoms with E-state index in [4.69, 9.17) is 0 Å². The van der Waals surface area contributed by atoms with Crippen LogP contribution in [-0.2, 0) is 16.1 Å². The van der Waals surface area contributed by atoms with Crippen LogP contribution in [0.3, 0.4) is 0 Å². The third-order valence-corrected chi connectivity index (χ3v) is 4.11. The van der Waals surface area contributed by atoms with Gasteiger partial charge in [0.25, 0.3) is 5.56 Å². The smallest absolute Gasteiger partial charge is 0.328 e. The van der Waals surface area contributed by atoms with Crippen molar-refractivity contribution in [2.75, 3.05) is 11.4 Å². The Morgan fingerprint density at radius 1 is 1.19 bits per heavy atom. The molecule has 0 radical (unpaired) electrons. The predicted octanol–water partition coefficient (Wildman–Crippen LogP) is -0.0125. The van der Waals surface area contributed by atoms with Crippen LogP contribution in [0.5, 0.6) is 0 Å². The first-order valence-corrected chi connectivity index (χ1v) is 8.07. The fourth-order valence-corrected chi connectivity index (χ4v) is 2.82. The number of aromatic nitrogens is 2. The number of aryl methyl sites for hydroxylation is 1. The standard InChI is InChI=1S/C17H17FN4O4/c18-11-1-3-13(4-2-11)22-10-12(9-16(22)25)19-14(23)5-7-21-8-6-15(24)20-17(21)26/h1-4,6,8,12H,5,7,9-10H2,(H,19,23)(H,20,24,26)/t12-/m0/s1. The molecule has 0 aliphatic carbocycles. The Balaban J connectivity index is 1.55. The first kappa shape index (κ1) is 17.6. The highest BCUT2D eigenvalue weighted by atomic mass is 19.1. The largest absolute Gasteiger partial charge is 0.351 e. The molecule has 8 nitrogen and oxygen atoms in total. The highest BCUT2D eigenvalue weighted by molar-refractivity contribution is 5.96. The molecular weight excluding hydrogens is 343 g/mol. The molecule has 1 atom stereocenters. The van der Waals surface area contributed by atoms with Crippen molar-refractivity contribution in [2.24, 2.45) is 0 Å². The highest BCUT2D eigenvalue weighted by Gasteiger charge is 2.31. The Hall–Kier alpha value is -3.23. The van der Waals surface area contributed by atoms with E-state index in [9.17, 15) is 23.6 Å². The van der Waals surface area contributed by atoms with Gasteiger partial charge in [-0.15, -0.1) is 0 Å². The maximum atomic E-state index is 13.0. The molecular formula is C17H17FN4O4. The van der Waals surface area contributed by atoms with Gasteiger partial charge in [-0.3, -0.25) is 19.4 Å². The minimum Gasteiger partial charge on any atom is -0.351 e. The van der Waals surface area contributed by atoms with Gasteiger partial charge in [-0.25, -0.2) is 9.18 Å². The number of carbonyl (C=O) groups excluding carboxylic acids is 2. The Kier molecular flexibility index (Phi) is 4.97. The number of H-pyrrole nitrogens is 1. The molecule has 2 aromatic rings. The number of aromatic amines is 1. The van der Waals surface area contributed by atoms with E-state index >= 15 is 0 Å². The van der Waals surface area contributed by atoms with Crippen LogP contribution in [0.15, 0.2) is 46.1 Å². The van der Waals surface area contributed by atoms with Crippen LogP contribution in [-0.4, -0.2) is 34.0 Å². The number of nitrogens with one attached hydrogen (secondary N) is 2. The normalized spacial score (nSPS) is 16.7. The molecule has 1 fully saturated rings. The SMILES string of the molecule is O=C(CCn1ccc(=O)[nH]c1=O)N[C@H]1CC(=O)N(c2ccc(F)cc2)C1. The number of halogens is 1. The summed E-state index contributed by atoms with van der Waals surface area (Å²) in [5.41, 5.74) is -0.502. The first-order valence-electron chi connectivity index (χ1n) is 8.07. The quantitative estimate of drug-likeness (QED) is 0.782. The molecule has 1 aromatic carbocycles. The molecule has 2 heterocycles. The van der Waals surface area contributed by atoms with Crippen molar-refractivity contribution >= 4 is 17.5 Å². The van der Waals surface area contributed by atoms with Crippen LogP contribution in [0.1, 0.15) is 12.8 Å². The number of nitrogens with zero attached hydrogens (tertiary/aromatic N) is 2. The summed E-state index contributed by atoms with van der Waals surface area (Å²) in [5, 5.41) is 2.76. The lowest BCUT2D eigenvalue weighted by Gasteiger charge is -2.17. The molecule has 3 rings (SSSR count). The lowest BCUT2D eigenvalue weighted by atomic mass is 10.2. The number of rotatable bonds is 5. The maximum absolute atomic E-state index is 13.0. The van der Waals surface area contributed by atoms with Crippen molar-refractivity contribution in [3.8, 4) is 0 Å². The molecule has 9 heteroatoms. The summed E-state index contributed by atoms with van der Waals surface area (Å²) in [6.45, 7) is 0.415. The van der Waals surface area contributed by atoms with Gasteiger partial charge in [-0.2, -0.15) is 0 Å². The molecule has 26 heavy (non-hydrogen) atoms. The van der Waals surface area contributed by atoms with Crippen LogP contribution in [0.4, 0.5) is 10.1 Å². The number of amides is 2. The molecule has 0 unspecified atom stereocenters. The molecule has 136 valence electrons. The fraction of sp³-hybridized carbons (Fsp3) is 0.294. The fourth-order valence-electron chi connectivity index (χ4n) is 2.82. The number of hydrogen-bond acceptors (Lipinski definition) is 4. The second-order valence-electron chi connectivity index (χ2n) is 6.00. The van der Waals surface area contributed by atoms with Gasteiger partial charge in [0.1, 0.15) is 5.82 Å².